The number of para-hydroxylation sites is 1. The highest BCUT2D eigenvalue weighted by molar-refractivity contribution is 6.01. The number of hydrogen-bond donors (Lipinski definition) is 1. The predicted octanol–water partition coefficient (Wildman–Crippen LogP) is 3.58. The van der Waals surface area contributed by atoms with Crippen molar-refractivity contribution in [3.63, 3.8) is 0 Å². The van der Waals surface area contributed by atoms with Crippen molar-refractivity contribution in [2.75, 3.05) is 31.3 Å². The van der Waals surface area contributed by atoms with Crippen molar-refractivity contribution in [2.45, 2.75) is 38.5 Å². The van der Waals surface area contributed by atoms with E-state index in [1.165, 1.54) is 4.90 Å². The lowest BCUT2D eigenvalue weighted by Crippen LogP contribution is -2.46. The Balaban J connectivity index is 1.40. The topological polar surface area (TPSA) is 108 Å². The van der Waals surface area contributed by atoms with E-state index in [2.05, 4.69) is 15.6 Å². The summed E-state index contributed by atoms with van der Waals surface area (Å²) in [5.74, 6) is 0.491. The van der Waals surface area contributed by atoms with Gasteiger partial charge in [-0.3, -0.25) is 14.5 Å². The van der Waals surface area contributed by atoms with Crippen LogP contribution in [-0.2, 0) is 20.9 Å². The minimum atomic E-state index is -0.952. The number of rotatable bonds is 8. The van der Waals surface area contributed by atoms with Gasteiger partial charge >= 0.3 is 0 Å². The van der Waals surface area contributed by atoms with E-state index in [-0.39, 0.29) is 24.5 Å². The summed E-state index contributed by atoms with van der Waals surface area (Å²) >= 11 is 0. The Labute approximate surface area is 231 Å². The Morgan fingerprint density at radius 1 is 1.02 bits per heavy atom. The maximum absolute atomic E-state index is 14.2. The first-order chi connectivity index (χ1) is 19.6. The van der Waals surface area contributed by atoms with Crippen molar-refractivity contribution in [3.8, 4) is 11.5 Å². The molecule has 1 fully saturated rings. The largest absolute Gasteiger partial charge is 0.486 e. The number of nitrogens with zero attached hydrogens (tertiary/aromatic N) is 4. The fourth-order valence-electron chi connectivity index (χ4n) is 5.14. The minimum Gasteiger partial charge on any atom is -0.486 e. The van der Waals surface area contributed by atoms with E-state index in [4.69, 9.17) is 14.2 Å². The first kappa shape index (κ1) is 25.8. The van der Waals surface area contributed by atoms with Gasteiger partial charge in [0, 0.05) is 24.9 Å². The van der Waals surface area contributed by atoms with Crippen LogP contribution in [-0.4, -0.2) is 59.3 Å². The second-order valence-electron chi connectivity index (χ2n) is 10.0. The fraction of sp³-hybridized carbons (Fsp3) is 0.333. The number of nitrogens with one attached hydrogen (secondary N) is 1. The van der Waals surface area contributed by atoms with Gasteiger partial charge in [-0.25, -0.2) is 4.68 Å². The molecule has 0 bridgehead atoms. The van der Waals surface area contributed by atoms with Gasteiger partial charge in [-0.15, -0.1) is 5.10 Å². The van der Waals surface area contributed by atoms with Crippen molar-refractivity contribution < 1.29 is 23.8 Å². The molecule has 0 radical (unpaired) electrons. The Kier molecular flexibility index (Phi) is 7.33. The van der Waals surface area contributed by atoms with Crippen LogP contribution in [0.15, 0.2) is 66.7 Å². The third-order valence-electron chi connectivity index (χ3n) is 7.21. The van der Waals surface area contributed by atoms with Crippen LogP contribution in [0, 0.1) is 6.92 Å². The van der Waals surface area contributed by atoms with E-state index in [9.17, 15) is 9.59 Å². The number of ether oxygens (including phenoxy) is 3. The summed E-state index contributed by atoms with van der Waals surface area (Å²) in [6.07, 6.45) is 1.82. The molecule has 206 valence electrons. The van der Waals surface area contributed by atoms with Crippen LogP contribution < -0.4 is 19.7 Å². The molecule has 0 aliphatic carbocycles. The van der Waals surface area contributed by atoms with Crippen molar-refractivity contribution in [2.24, 2.45) is 0 Å². The Morgan fingerprint density at radius 3 is 2.62 bits per heavy atom. The SMILES string of the molecule is Cc1ccc([C@H](C(=O)NC[C@H]2CCCO2)N(C(=O)Cn2nnc3ccccc32)c2ccc3c(c2)OCCO3)cc1. The second kappa shape index (κ2) is 11.4. The van der Waals surface area contributed by atoms with Crippen LogP contribution in [0.1, 0.15) is 30.0 Å². The number of carbonyl (C=O) groups excluding carboxylic acids is 2. The van der Waals surface area contributed by atoms with Gasteiger partial charge in [0.1, 0.15) is 31.3 Å². The quantitative estimate of drug-likeness (QED) is 0.363. The van der Waals surface area contributed by atoms with Crippen LogP contribution in [0.3, 0.4) is 0 Å². The maximum Gasteiger partial charge on any atom is 0.249 e. The highest BCUT2D eigenvalue weighted by Crippen LogP contribution is 2.37. The molecule has 6 rings (SSSR count). The van der Waals surface area contributed by atoms with Gasteiger partial charge in [0.25, 0.3) is 0 Å². The first-order valence-electron chi connectivity index (χ1n) is 13.5. The molecule has 0 saturated carbocycles. The normalized spacial score (nSPS) is 17.0. The third kappa shape index (κ3) is 5.35. The van der Waals surface area contributed by atoms with E-state index < -0.39 is 6.04 Å². The molecule has 1 saturated heterocycles. The van der Waals surface area contributed by atoms with Gasteiger partial charge in [-0.2, -0.15) is 0 Å². The molecule has 40 heavy (non-hydrogen) atoms. The van der Waals surface area contributed by atoms with E-state index in [1.807, 2.05) is 55.5 Å². The number of anilines is 1. The summed E-state index contributed by atoms with van der Waals surface area (Å²) in [5.41, 5.74) is 3.66. The summed E-state index contributed by atoms with van der Waals surface area (Å²) in [6.45, 7) is 3.78. The fourth-order valence-corrected chi connectivity index (χ4v) is 5.14. The van der Waals surface area contributed by atoms with Gasteiger partial charge in [0.05, 0.1) is 11.6 Å². The molecule has 1 N–H and O–H groups in total. The lowest BCUT2D eigenvalue weighted by Gasteiger charge is -2.32. The Hall–Kier alpha value is -4.44. The predicted molar refractivity (Wildman–Crippen MR) is 148 cm³/mol. The highest BCUT2D eigenvalue weighted by Gasteiger charge is 2.34. The van der Waals surface area contributed by atoms with Gasteiger partial charge < -0.3 is 19.5 Å². The number of aromatic nitrogens is 3. The van der Waals surface area contributed by atoms with Crippen LogP contribution in [0.5, 0.6) is 11.5 Å². The van der Waals surface area contributed by atoms with Crippen LogP contribution in [0.4, 0.5) is 5.69 Å². The smallest absolute Gasteiger partial charge is 0.249 e. The number of benzene rings is 3. The molecule has 3 aromatic carbocycles. The van der Waals surface area contributed by atoms with Gasteiger partial charge in [-0.05, 0) is 49.6 Å². The molecular formula is C30H31N5O5. The molecule has 3 heterocycles. The maximum atomic E-state index is 14.2. The lowest BCUT2D eigenvalue weighted by atomic mass is 10.0. The Morgan fingerprint density at radius 2 is 1.82 bits per heavy atom. The van der Waals surface area contributed by atoms with Crippen LogP contribution in [0.25, 0.3) is 11.0 Å². The molecular weight excluding hydrogens is 510 g/mol. The van der Waals surface area contributed by atoms with Gasteiger partial charge in [-0.1, -0.05) is 47.2 Å². The molecule has 2 aliphatic heterocycles. The van der Waals surface area contributed by atoms with E-state index in [0.717, 1.165) is 23.9 Å². The monoisotopic (exact) mass is 541 g/mol. The zero-order valence-electron chi connectivity index (χ0n) is 22.3. The number of amides is 2. The average Bonchev–Trinajstić information content (AvgIpc) is 3.65. The molecule has 10 heteroatoms. The van der Waals surface area contributed by atoms with Crippen LogP contribution in [0.2, 0.25) is 0 Å². The zero-order valence-corrected chi connectivity index (χ0v) is 22.3. The number of aryl methyl sites for hydroxylation is 1. The number of fused-ring (bicyclic) bond motifs is 2. The van der Waals surface area contributed by atoms with Crippen molar-refractivity contribution in [1.82, 2.24) is 20.3 Å². The zero-order chi connectivity index (χ0) is 27.5. The van der Waals surface area contributed by atoms with Crippen LogP contribution >= 0.6 is 0 Å². The van der Waals surface area contributed by atoms with Crippen molar-refractivity contribution in [1.29, 1.82) is 0 Å². The minimum absolute atomic E-state index is 0.0393. The highest BCUT2D eigenvalue weighted by atomic mass is 16.6. The van der Waals surface area contributed by atoms with E-state index >= 15 is 0 Å². The standard InChI is InChI=1S/C30H31N5O5/c1-20-8-10-21(11-9-20)29(30(37)31-18-23-5-4-14-38-23)35(22-12-13-26-27(17-22)40-16-15-39-26)28(36)19-34-25-7-3-2-6-24(25)32-33-34/h2-3,6-13,17,23,29H,4-5,14-16,18-19H2,1H3,(H,31,37)/t23-,29-/m1/s1. The molecule has 10 nitrogen and oxygen atoms in total. The molecule has 2 amide bonds. The molecule has 0 unspecified atom stereocenters. The molecule has 0 spiro atoms. The van der Waals surface area contributed by atoms with Crippen molar-refractivity contribution >= 4 is 28.5 Å². The molecule has 2 aliphatic rings. The molecule has 2 atom stereocenters. The summed E-state index contributed by atoms with van der Waals surface area (Å²) in [5, 5.41) is 11.5. The second-order valence-corrected chi connectivity index (χ2v) is 10.0. The summed E-state index contributed by atoms with van der Waals surface area (Å²) in [4.78, 5) is 29.7. The van der Waals surface area contributed by atoms with E-state index in [1.54, 1.807) is 22.9 Å². The Bertz CT molecular complexity index is 1510. The van der Waals surface area contributed by atoms with E-state index in [0.29, 0.717) is 54.6 Å². The van der Waals surface area contributed by atoms with Gasteiger partial charge in [0.15, 0.2) is 11.5 Å². The number of carbonyl (C=O) groups is 2. The summed E-state index contributed by atoms with van der Waals surface area (Å²) in [7, 11) is 0. The van der Waals surface area contributed by atoms with Crippen molar-refractivity contribution in [3.05, 3.63) is 77.9 Å². The summed E-state index contributed by atoms with van der Waals surface area (Å²) < 4.78 is 18.8. The lowest BCUT2D eigenvalue weighted by molar-refractivity contribution is -0.127. The van der Waals surface area contributed by atoms with Gasteiger partial charge in [0.2, 0.25) is 11.8 Å². The molecule has 1 aromatic heterocycles. The number of hydrogen-bond acceptors (Lipinski definition) is 7. The average molecular weight is 542 g/mol. The first-order valence-corrected chi connectivity index (χ1v) is 13.5. The molecule has 4 aromatic rings. The summed E-state index contributed by atoms with van der Waals surface area (Å²) in [6, 6.07) is 19.4. The third-order valence-corrected chi connectivity index (χ3v) is 7.21.